The first-order valence-corrected chi connectivity index (χ1v) is 5.82. The number of hydrogen-bond donors (Lipinski definition) is 1. The molecule has 1 aliphatic heterocycles. The van der Waals surface area contributed by atoms with E-state index in [1.807, 2.05) is 0 Å². The molecule has 0 fully saturated rings. The minimum atomic E-state index is -4.69. The van der Waals surface area contributed by atoms with Gasteiger partial charge in [0.1, 0.15) is 0 Å². The molecule has 0 saturated carbocycles. The maximum absolute atomic E-state index is 12.1. The zero-order valence-corrected chi connectivity index (χ0v) is 9.44. The zero-order chi connectivity index (χ0) is 12.3. The first-order chi connectivity index (χ1) is 8.04. The lowest BCUT2D eigenvalue weighted by Crippen LogP contribution is -2.18. The van der Waals surface area contributed by atoms with Crippen LogP contribution in [0.15, 0.2) is 29.3 Å². The second-order valence-corrected chi connectivity index (χ2v) is 4.29. The lowest BCUT2D eigenvalue weighted by molar-refractivity contribution is -0.274. The Labute approximate surface area is 100 Å². The zero-order valence-electron chi connectivity index (χ0n) is 8.62. The summed E-state index contributed by atoms with van der Waals surface area (Å²) < 4.78 is 40.4. The molecular weight excluding hydrogens is 253 g/mol. The number of thioether (sulfide) groups is 1. The third-order valence-corrected chi connectivity index (χ3v) is 2.83. The second kappa shape index (κ2) is 4.87. The van der Waals surface area contributed by atoms with E-state index in [1.54, 1.807) is 6.07 Å². The molecule has 0 aliphatic carbocycles. The number of amidine groups is 1. The summed E-state index contributed by atoms with van der Waals surface area (Å²) in [4.78, 5) is 4.10. The van der Waals surface area contributed by atoms with Gasteiger partial charge >= 0.3 is 6.36 Å². The van der Waals surface area contributed by atoms with Crippen molar-refractivity contribution >= 4 is 22.6 Å². The normalized spacial score (nSPS) is 15.6. The Morgan fingerprint density at radius 1 is 1.29 bits per heavy atom. The molecule has 1 aliphatic rings. The maximum Gasteiger partial charge on any atom is 0.573 e. The summed E-state index contributed by atoms with van der Waals surface area (Å²) in [6.45, 7) is 0.676. The number of anilines is 1. The van der Waals surface area contributed by atoms with Crippen molar-refractivity contribution in [1.82, 2.24) is 0 Å². The summed E-state index contributed by atoms with van der Waals surface area (Å²) in [7, 11) is 0. The fourth-order valence-electron chi connectivity index (χ4n) is 1.31. The molecule has 1 aromatic rings. The van der Waals surface area contributed by atoms with Crippen LogP contribution in [0.3, 0.4) is 0 Å². The molecule has 7 heteroatoms. The first kappa shape index (κ1) is 12.1. The minimum absolute atomic E-state index is 0.254. The number of ether oxygens (including phenoxy) is 1. The number of halogens is 3. The quantitative estimate of drug-likeness (QED) is 0.889. The Morgan fingerprint density at radius 2 is 2.06 bits per heavy atom. The Balaban J connectivity index is 2.15. The van der Waals surface area contributed by atoms with Crippen molar-refractivity contribution in [2.45, 2.75) is 6.36 Å². The van der Waals surface area contributed by atoms with Gasteiger partial charge in [-0.05, 0) is 12.1 Å². The lowest BCUT2D eigenvalue weighted by Gasteiger charge is -2.13. The molecule has 0 spiro atoms. The van der Waals surface area contributed by atoms with Gasteiger partial charge < -0.3 is 10.1 Å². The van der Waals surface area contributed by atoms with Crippen molar-refractivity contribution in [1.29, 1.82) is 0 Å². The maximum atomic E-state index is 12.1. The van der Waals surface area contributed by atoms with E-state index in [2.05, 4.69) is 15.0 Å². The topological polar surface area (TPSA) is 33.6 Å². The average Bonchev–Trinajstić information content (AvgIpc) is 2.71. The molecule has 1 aromatic carbocycles. The van der Waals surface area contributed by atoms with Gasteiger partial charge in [0.2, 0.25) is 0 Å². The van der Waals surface area contributed by atoms with Crippen LogP contribution >= 0.6 is 11.8 Å². The molecule has 17 heavy (non-hydrogen) atoms. The van der Waals surface area contributed by atoms with Crippen LogP contribution in [0.1, 0.15) is 0 Å². The molecule has 0 atom stereocenters. The van der Waals surface area contributed by atoms with Gasteiger partial charge in [-0.3, -0.25) is 4.99 Å². The van der Waals surface area contributed by atoms with Crippen LogP contribution in [-0.2, 0) is 0 Å². The molecule has 0 unspecified atom stereocenters. The van der Waals surface area contributed by atoms with Crippen molar-refractivity contribution in [3.63, 3.8) is 0 Å². The predicted molar refractivity (Wildman–Crippen MR) is 61.5 cm³/mol. The van der Waals surface area contributed by atoms with Crippen LogP contribution in [0.5, 0.6) is 5.75 Å². The molecule has 0 radical (unpaired) electrons. The molecule has 0 bridgehead atoms. The largest absolute Gasteiger partial charge is 0.573 e. The van der Waals surface area contributed by atoms with Crippen LogP contribution in [0.2, 0.25) is 0 Å². The number of alkyl halides is 3. The smallest absolute Gasteiger partial charge is 0.404 e. The van der Waals surface area contributed by atoms with Gasteiger partial charge in [0, 0.05) is 5.75 Å². The standard InChI is InChI=1S/C10H9F3N2OS/c11-10(12,13)16-8-4-2-1-3-7(8)15-9-14-5-6-17-9/h1-4H,5-6H2,(H,14,15). The fraction of sp³-hybridized carbons (Fsp3) is 0.300. The van der Waals surface area contributed by atoms with Crippen molar-refractivity contribution in [2.75, 3.05) is 17.6 Å². The van der Waals surface area contributed by atoms with E-state index in [-0.39, 0.29) is 11.4 Å². The van der Waals surface area contributed by atoms with E-state index < -0.39 is 6.36 Å². The van der Waals surface area contributed by atoms with E-state index in [0.29, 0.717) is 11.7 Å². The molecule has 3 nitrogen and oxygen atoms in total. The third kappa shape index (κ3) is 3.55. The Kier molecular flexibility index (Phi) is 3.46. The number of benzene rings is 1. The first-order valence-electron chi connectivity index (χ1n) is 4.84. The Morgan fingerprint density at radius 3 is 2.71 bits per heavy atom. The van der Waals surface area contributed by atoms with E-state index >= 15 is 0 Å². The summed E-state index contributed by atoms with van der Waals surface area (Å²) in [5, 5.41) is 3.43. The van der Waals surface area contributed by atoms with Gasteiger partial charge in [0.25, 0.3) is 0 Å². The van der Waals surface area contributed by atoms with Gasteiger partial charge in [-0.2, -0.15) is 0 Å². The van der Waals surface area contributed by atoms with Gasteiger partial charge in [-0.1, -0.05) is 23.9 Å². The van der Waals surface area contributed by atoms with Crippen LogP contribution < -0.4 is 10.1 Å². The number of para-hydroxylation sites is 2. The summed E-state index contributed by atoms with van der Waals surface area (Å²) in [6.07, 6.45) is -4.69. The monoisotopic (exact) mass is 262 g/mol. The molecule has 2 rings (SSSR count). The highest BCUT2D eigenvalue weighted by molar-refractivity contribution is 8.14. The summed E-state index contributed by atoms with van der Waals surface area (Å²) in [6, 6.07) is 5.89. The lowest BCUT2D eigenvalue weighted by atomic mass is 10.3. The van der Waals surface area contributed by atoms with Gasteiger partial charge in [0.05, 0.1) is 12.2 Å². The van der Waals surface area contributed by atoms with E-state index in [9.17, 15) is 13.2 Å². The Bertz CT molecular complexity index is 434. The van der Waals surface area contributed by atoms with Crippen molar-refractivity contribution < 1.29 is 17.9 Å². The van der Waals surface area contributed by atoms with Crippen LogP contribution in [-0.4, -0.2) is 23.8 Å². The molecule has 1 heterocycles. The van der Waals surface area contributed by atoms with Crippen LogP contribution in [0.4, 0.5) is 18.9 Å². The van der Waals surface area contributed by atoms with Gasteiger partial charge in [-0.25, -0.2) is 0 Å². The number of hydrogen-bond acceptors (Lipinski definition) is 4. The highest BCUT2D eigenvalue weighted by atomic mass is 32.2. The number of nitrogens with one attached hydrogen (secondary N) is 1. The average molecular weight is 262 g/mol. The van der Waals surface area contributed by atoms with Crippen molar-refractivity contribution in [2.24, 2.45) is 4.99 Å². The molecule has 0 amide bonds. The van der Waals surface area contributed by atoms with Crippen molar-refractivity contribution in [3.05, 3.63) is 24.3 Å². The molecule has 1 N–H and O–H groups in total. The van der Waals surface area contributed by atoms with E-state index in [4.69, 9.17) is 0 Å². The third-order valence-electron chi connectivity index (χ3n) is 1.94. The van der Waals surface area contributed by atoms with Gasteiger partial charge in [-0.15, -0.1) is 13.2 Å². The highest BCUT2D eigenvalue weighted by Gasteiger charge is 2.32. The molecule has 0 saturated heterocycles. The van der Waals surface area contributed by atoms with Crippen molar-refractivity contribution in [3.8, 4) is 5.75 Å². The number of rotatable bonds is 2. The fourth-order valence-corrected chi connectivity index (χ4v) is 2.05. The summed E-state index contributed by atoms with van der Waals surface area (Å²) in [5.41, 5.74) is 0.262. The number of nitrogens with zero attached hydrogens (tertiary/aromatic N) is 1. The number of aliphatic imine (C=N–C) groups is 1. The van der Waals surface area contributed by atoms with Gasteiger partial charge in [0.15, 0.2) is 10.9 Å². The molecule has 0 aromatic heterocycles. The minimum Gasteiger partial charge on any atom is -0.404 e. The highest BCUT2D eigenvalue weighted by Crippen LogP contribution is 2.31. The molecular formula is C10H9F3N2OS. The van der Waals surface area contributed by atoms with Crippen LogP contribution in [0.25, 0.3) is 0 Å². The SMILES string of the molecule is FC(F)(F)Oc1ccccc1NC1=NCCS1. The van der Waals surface area contributed by atoms with E-state index in [0.717, 1.165) is 5.75 Å². The summed E-state index contributed by atoms with van der Waals surface area (Å²) >= 11 is 1.47. The second-order valence-electron chi connectivity index (χ2n) is 3.20. The Hall–Kier alpha value is -1.37. The van der Waals surface area contributed by atoms with E-state index in [1.165, 1.54) is 30.0 Å². The van der Waals surface area contributed by atoms with Crippen LogP contribution in [0, 0.1) is 0 Å². The summed E-state index contributed by atoms with van der Waals surface area (Å²) in [5.74, 6) is 0.583. The molecule has 92 valence electrons. The predicted octanol–water partition coefficient (Wildman–Crippen LogP) is 3.10.